The topological polar surface area (TPSA) is 77.3 Å². The van der Waals surface area contributed by atoms with Crippen LogP contribution in [0.4, 0.5) is 4.70 Å². The molecule has 0 unspecified atom stereocenters. The lowest BCUT2D eigenvalue weighted by Gasteiger charge is -2.16. The zero-order valence-corrected chi connectivity index (χ0v) is 29.1. The van der Waals surface area contributed by atoms with Gasteiger partial charge < -0.3 is 0 Å². The van der Waals surface area contributed by atoms with Gasteiger partial charge in [-0.2, -0.15) is 29.9 Å². The largest absolute Gasteiger partial charge is 0.643 e. The van der Waals surface area contributed by atoms with Gasteiger partial charge in [0.15, 0.2) is 5.82 Å². The fourth-order valence-corrected chi connectivity index (χ4v) is 5.28. The molecule has 232 valence electrons. The summed E-state index contributed by atoms with van der Waals surface area (Å²) in [5, 5.41) is 0.255. The molecule has 2 aliphatic rings. The number of benzene rings is 2. The van der Waals surface area contributed by atoms with Gasteiger partial charge in [0, 0.05) is 5.56 Å². The zero-order chi connectivity index (χ0) is 29.8. The molecule has 0 fully saturated rings. The van der Waals surface area contributed by atoms with E-state index in [1.54, 1.807) is 11.1 Å². The van der Waals surface area contributed by atoms with Crippen LogP contribution in [0.3, 0.4) is 0 Å². The van der Waals surface area contributed by atoms with E-state index in [4.69, 9.17) is 88.2 Å². The Labute approximate surface area is 293 Å². The quantitative estimate of drug-likeness (QED) is 0.180. The van der Waals surface area contributed by atoms with Crippen molar-refractivity contribution in [2.45, 2.75) is 58.8 Å². The van der Waals surface area contributed by atoms with Gasteiger partial charge in [0.1, 0.15) is 0 Å². The lowest BCUT2D eigenvalue weighted by molar-refractivity contribution is 0.685. The van der Waals surface area contributed by atoms with E-state index in [1.807, 2.05) is 6.07 Å². The van der Waals surface area contributed by atoms with Crippen molar-refractivity contribution in [3.8, 4) is 11.4 Å². The summed E-state index contributed by atoms with van der Waals surface area (Å²) >= 11 is 25.8. The highest BCUT2D eigenvalue weighted by Crippen LogP contribution is 2.26. The van der Waals surface area contributed by atoms with Gasteiger partial charge in [0.25, 0.3) is 0 Å². The highest BCUT2D eigenvalue weighted by atomic mass is 35.8. The maximum atomic E-state index is 5.80. The van der Waals surface area contributed by atoms with Crippen LogP contribution >= 0.6 is 88.2 Å². The fourth-order valence-electron chi connectivity index (χ4n) is 4.31. The van der Waals surface area contributed by atoms with Gasteiger partial charge >= 0.3 is 11.4 Å². The van der Waals surface area contributed by atoms with E-state index >= 15 is 0 Å². The third-order valence-electron chi connectivity index (χ3n) is 6.00. The molecule has 0 amide bonds. The van der Waals surface area contributed by atoms with Crippen LogP contribution in [0.1, 0.15) is 55.4 Å². The summed E-state index contributed by atoms with van der Waals surface area (Å²) in [6, 6.07) is 15.1. The van der Waals surface area contributed by atoms with Crippen LogP contribution in [0.25, 0.3) is 11.4 Å². The Morgan fingerprint density at radius 1 is 0.488 bits per heavy atom. The van der Waals surface area contributed by atoms with E-state index in [2.05, 4.69) is 66.3 Å². The van der Waals surface area contributed by atoms with Gasteiger partial charge in [0.05, 0.1) is 0 Å². The van der Waals surface area contributed by atoms with E-state index in [1.165, 1.54) is 49.7 Å². The van der Waals surface area contributed by atoms with Crippen LogP contribution < -0.4 is 0 Å². The predicted molar refractivity (Wildman–Crippen MR) is 182 cm³/mol. The zero-order valence-electron chi connectivity index (χ0n) is 21.9. The molecular weight excluding hydrogens is 738 g/mol. The number of nitrogens with zero attached hydrogens (tertiary/aromatic N) is 6. The van der Waals surface area contributed by atoms with Crippen molar-refractivity contribution in [1.29, 1.82) is 0 Å². The molecule has 0 aliphatic heterocycles. The molecule has 0 N–H and O–H groups in total. The van der Waals surface area contributed by atoms with Crippen molar-refractivity contribution in [2.75, 3.05) is 0 Å². The Morgan fingerprint density at radius 3 is 1.21 bits per heavy atom. The number of rotatable bonds is 1. The van der Waals surface area contributed by atoms with Gasteiger partial charge in [0.2, 0.25) is 26.4 Å². The Balaban J connectivity index is 0.000000317. The second-order valence-corrected chi connectivity index (χ2v) is 16.9. The Hall–Kier alpha value is -0.758. The summed E-state index contributed by atoms with van der Waals surface area (Å²) in [4.78, 5) is 22.4. The van der Waals surface area contributed by atoms with Crippen molar-refractivity contribution in [3.63, 3.8) is 0 Å². The Bertz CT molecular complexity index is 1340. The fraction of sp³-hybridized carbons (Fsp3) is 0.333. The van der Waals surface area contributed by atoms with E-state index in [0.29, 0.717) is 5.82 Å². The first-order valence-electron chi connectivity index (χ1n) is 12.5. The highest BCUT2D eigenvalue weighted by Gasteiger charge is 2.12. The monoisotopic (exact) mass is 762 g/mol. The van der Waals surface area contributed by atoms with Gasteiger partial charge in [-0.15, -0.1) is 0 Å². The summed E-state index contributed by atoms with van der Waals surface area (Å²) in [7, 11) is 14.8. The minimum atomic E-state index is -1.72. The van der Waals surface area contributed by atoms with Crippen molar-refractivity contribution in [3.05, 3.63) is 91.1 Å². The lowest BCUT2D eigenvalue weighted by Crippen LogP contribution is -2.03. The average molecular weight is 766 g/mol. The lowest BCUT2D eigenvalue weighted by atomic mass is 9.90. The molecule has 2 aromatic heterocycles. The van der Waals surface area contributed by atoms with Crippen LogP contribution in [0.5, 0.6) is 0 Å². The van der Waals surface area contributed by atoms with Crippen LogP contribution in [-0.4, -0.2) is 41.3 Å². The van der Waals surface area contributed by atoms with Gasteiger partial charge in [-0.3, -0.25) is 4.70 Å². The maximum absolute atomic E-state index is 5.80. The number of halogens is 9. The van der Waals surface area contributed by atoms with Crippen LogP contribution in [0, 0.1) is 0 Å². The van der Waals surface area contributed by atoms with Gasteiger partial charge in [-0.05, 0) is 138 Å². The molecule has 2 aromatic carbocycles. The molecular formula is C27H28AlCl8FN6. The smallest absolute Gasteiger partial charge is 0.269 e. The normalized spacial score (nSPS) is 12.5. The summed E-state index contributed by atoms with van der Waals surface area (Å²) in [6.45, 7) is 0. The van der Waals surface area contributed by atoms with Crippen molar-refractivity contribution < 1.29 is 4.70 Å². The summed E-state index contributed by atoms with van der Waals surface area (Å²) in [6.07, 6.45) is 10.2. The Morgan fingerprint density at radius 2 is 0.814 bits per heavy atom. The number of hydrogen-bond acceptors (Lipinski definition) is 6. The molecule has 6 nitrogen and oxygen atoms in total. The number of hydrogen-bond donors (Lipinski definition) is 0. The first-order chi connectivity index (χ1) is 19.6. The molecule has 0 saturated carbocycles. The van der Waals surface area contributed by atoms with Crippen LogP contribution in [0.2, 0.25) is 26.4 Å². The maximum Gasteiger partial charge on any atom is 0.643 e. The first kappa shape index (κ1) is 40.3. The number of fused-ring (bicyclic) bond motifs is 2. The molecule has 0 radical (unpaired) electrons. The summed E-state index contributed by atoms with van der Waals surface area (Å²) < 4.78 is 0. The van der Waals surface area contributed by atoms with E-state index < -0.39 is 11.4 Å². The Kier molecular flexibility index (Phi) is 19.8. The molecule has 0 atom stereocenters. The molecule has 0 spiro atoms. The molecule has 0 bridgehead atoms. The molecule has 2 heterocycles. The van der Waals surface area contributed by atoms with Crippen molar-refractivity contribution in [2.24, 2.45) is 0 Å². The van der Waals surface area contributed by atoms with Crippen molar-refractivity contribution >= 4 is 99.5 Å². The summed E-state index contributed by atoms with van der Waals surface area (Å²) in [5.41, 5.74) is 6.91. The van der Waals surface area contributed by atoms with E-state index in [-0.39, 0.29) is 38.5 Å². The third kappa shape index (κ3) is 14.9. The van der Waals surface area contributed by atoms with Crippen LogP contribution in [-0.2, 0) is 25.7 Å². The highest BCUT2D eigenvalue weighted by molar-refractivity contribution is 7.54. The molecule has 0 saturated heterocycles. The molecule has 4 aromatic rings. The first-order valence-corrected chi connectivity index (χ1v) is 19.6. The molecule has 6 rings (SSSR count). The minimum absolute atomic E-state index is 0. The number of aryl methyl sites for hydroxylation is 4. The third-order valence-corrected chi connectivity index (χ3v) is 6.85. The molecule has 2 aliphatic carbocycles. The summed E-state index contributed by atoms with van der Waals surface area (Å²) in [5.74, 6) is 0.536. The van der Waals surface area contributed by atoms with Gasteiger partial charge in [-0.25, -0.2) is 30.1 Å². The second kappa shape index (κ2) is 21.1. The van der Waals surface area contributed by atoms with Gasteiger partial charge in [-0.1, -0.05) is 43.8 Å². The molecule has 43 heavy (non-hydrogen) atoms. The number of aromatic nitrogens is 6. The van der Waals surface area contributed by atoms with E-state index in [9.17, 15) is 0 Å². The standard InChI is InChI=1S/C13H11Cl2N3.C10H12.C3Cl3N3.CH4.Al.3ClH.FH/c14-12-16-11(17-13(15)18-12)10-6-5-8-3-1-2-4-9(8)7-10;1-2-6-10-8-4-3-7-9(10)5-1;4-1-7-2(5)9-3(6)8-1;;;;;;/h5-7H,1-4H2;1-2,5-6H,3-4,7-8H2;;1H4;;4*1H/q;;;;+3;;;;/p-3. The SMILES string of the molecule is C.Clc1nc(Cl)nc(-c2ccc3c(c2)CCCC3)n1.Clc1nc(Cl)nc(Cl)n1.F.[Cl][Al]([Cl])[Cl].c1ccc2c(c1)CCCC2. The van der Waals surface area contributed by atoms with Crippen LogP contribution in [0.15, 0.2) is 42.5 Å². The molecule has 16 heteroatoms. The minimum Gasteiger partial charge on any atom is -0.269 e. The predicted octanol–water partition coefficient (Wildman–Crippen LogP) is 10.6. The second-order valence-electron chi connectivity index (χ2n) is 8.75. The van der Waals surface area contributed by atoms with E-state index in [0.717, 1.165) is 18.4 Å². The average Bonchev–Trinajstić information content (AvgIpc) is 2.92. The van der Waals surface area contributed by atoms with Crippen molar-refractivity contribution in [1.82, 2.24) is 29.9 Å².